The highest BCUT2D eigenvalue weighted by Gasteiger charge is 2.13. The number of nitrogens with one attached hydrogen (secondary N) is 1. The molecule has 2 heterocycles. The number of halogens is 1. The van der Waals surface area contributed by atoms with Gasteiger partial charge in [0.1, 0.15) is 17.1 Å². The van der Waals surface area contributed by atoms with Crippen LogP contribution in [0.3, 0.4) is 0 Å². The van der Waals surface area contributed by atoms with Crippen LogP contribution in [0.1, 0.15) is 12.0 Å². The van der Waals surface area contributed by atoms with Gasteiger partial charge in [-0.25, -0.2) is 9.37 Å². The predicted molar refractivity (Wildman–Crippen MR) is 86.3 cm³/mol. The summed E-state index contributed by atoms with van der Waals surface area (Å²) in [5.74, 6) is -0.188. The second kappa shape index (κ2) is 6.33. The molecule has 0 spiro atoms. The molecule has 0 saturated heterocycles. The summed E-state index contributed by atoms with van der Waals surface area (Å²) in [6, 6.07) is 2.65. The highest BCUT2D eigenvalue weighted by molar-refractivity contribution is 7.22. The van der Waals surface area contributed by atoms with Gasteiger partial charge in [0.25, 0.3) is 0 Å². The molecule has 120 valence electrons. The third kappa shape index (κ3) is 3.48. The summed E-state index contributed by atoms with van der Waals surface area (Å²) in [5.41, 5.74) is 1.54. The fourth-order valence-electron chi connectivity index (χ4n) is 2.22. The molecule has 3 aromatic rings. The van der Waals surface area contributed by atoms with E-state index in [9.17, 15) is 9.18 Å². The molecule has 6 nitrogen and oxygen atoms in total. The Kier molecular flexibility index (Phi) is 4.24. The predicted octanol–water partition coefficient (Wildman–Crippen LogP) is 2.75. The second-order valence-electron chi connectivity index (χ2n) is 5.04. The zero-order valence-corrected chi connectivity index (χ0v) is 13.5. The Morgan fingerprint density at radius 1 is 1.48 bits per heavy atom. The minimum atomic E-state index is -0.396. The molecule has 1 N–H and O–H groups in total. The Morgan fingerprint density at radius 2 is 2.30 bits per heavy atom. The van der Waals surface area contributed by atoms with E-state index in [2.05, 4.69) is 15.4 Å². The van der Waals surface area contributed by atoms with E-state index in [1.54, 1.807) is 10.9 Å². The molecular weight excluding hydrogens is 319 g/mol. The number of hydrogen-bond acceptors (Lipinski definition) is 5. The van der Waals surface area contributed by atoms with Crippen LogP contribution in [-0.2, 0) is 18.3 Å². The number of carbonyl (C=O) groups excluding carboxylic acids is 1. The summed E-state index contributed by atoms with van der Waals surface area (Å²) >= 11 is 1.22. The molecule has 23 heavy (non-hydrogen) atoms. The van der Waals surface area contributed by atoms with Gasteiger partial charge in [-0.1, -0.05) is 11.3 Å². The number of anilines is 1. The first-order valence-electron chi connectivity index (χ1n) is 6.96. The van der Waals surface area contributed by atoms with Crippen molar-refractivity contribution in [3.05, 3.63) is 35.9 Å². The lowest BCUT2D eigenvalue weighted by Gasteiger charge is -2.00. The quantitative estimate of drug-likeness (QED) is 0.779. The van der Waals surface area contributed by atoms with E-state index in [4.69, 9.17) is 4.74 Å². The zero-order valence-electron chi connectivity index (χ0n) is 12.7. The van der Waals surface area contributed by atoms with E-state index in [0.29, 0.717) is 33.9 Å². The van der Waals surface area contributed by atoms with Crippen LogP contribution in [0, 0.1) is 5.82 Å². The zero-order chi connectivity index (χ0) is 16.4. The molecule has 0 unspecified atom stereocenters. The van der Waals surface area contributed by atoms with E-state index in [0.717, 1.165) is 5.56 Å². The van der Waals surface area contributed by atoms with Gasteiger partial charge in [-0.15, -0.1) is 0 Å². The average molecular weight is 334 g/mol. The van der Waals surface area contributed by atoms with Crippen LogP contribution in [0.2, 0.25) is 0 Å². The molecule has 0 aliphatic heterocycles. The molecule has 2 aromatic heterocycles. The fraction of sp³-hybridized carbons (Fsp3) is 0.267. The van der Waals surface area contributed by atoms with Crippen LogP contribution in [0.5, 0.6) is 5.75 Å². The van der Waals surface area contributed by atoms with Gasteiger partial charge in [0, 0.05) is 25.7 Å². The van der Waals surface area contributed by atoms with Crippen molar-refractivity contribution in [2.45, 2.75) is 12.8 Å². The van der Waals surface area contributed by atoms with Gasteiger partial charge in [0.2, 0.25) is 5.91 Å². The van der Waals surface area contributed by atoms with Crippen LogP contribution in [0.25, 0.3) is 10.2 Å². The minimum Gasteiger partial charge on any atom is -0.494 e. The van der Waals surface area contributed by atoms with Crippen molar-refractivity contribution < 1.29 is 13.9 Å². The smallest absolute Gasteiger partial charge is 0.226 e. The van der Waals surface area contributed by atoms with Gasteiger partial charge < -0.3 is 10.1 Å². The molecule has 3 rings (SSSR count). The average Bonchev–Trinajstić information content (AvgIpc) is 3.09. The second-order valence-corrected chi connectivity index (χ2v) is 6.07. The Balaban J connectivity index is 1.69. The van der Waals surface area contributed by atoms with Gasteiger partial charge >= 0.3 is 0 Å². The van der Waals surface area contributed by atoms with Crippen LogP contribution >= 0.6 is 11.3 Å². The van der Waals surface area contributed by atoms with E-state index < -0.39 is 5.82 Å². The molecule has 1 aromatic carbocycles. The number of hydrogen-bond donors (Lipinski definition) is 1. The number of amides is 1. The molecule has 0 aliphatic rings. The first-order chi connectivity index (χ1) is 11.0. The van der Waals surface area contributed by atoms with Gasteiger partial charge in [-0.05, 0) is 18.1 Å². The van der Waals surface area contributed by atoms with E-state index in [-0.39, 0.29) is 5.91 Å². The third-order valence-electron chi connectivity index (χ3n) is 3.29. The lowest BCUT2D eigenvalue weighted by molar-refractivity contribution is -0.116. The molecule has 0 radical (unpaired) electrons. The number of thiazole rings is 1. The number of aromatic nitrogens is 3. The minimum absolute atomic E-state index is 0.146. The van der Waals surface area contributed by atoms with Crippen molar-refractivity contribution in [1.29, 1.82) is 0 Å². The van der Waals surface area contributed by atoms with Crippen molar-refractivity contribution in [3.8, 4) is 5.75 Å². The molecular formula is C15H15FN4O2S. The molecule has 0 bridgehead atoms. The van der Waals surface area contributed by atoms with Gasteiger partial charge in [0.15, 0.2) is 5.13 Å². The van der Waals surface area contributed by atoms with Crippen LogP contribution in [0.15, 0.2) is 24.5 Å². The van der Waals surface area contributed by atoms with Crippen molar-refractivity contribution in [2.24, 2.45) is 7.05 Å². The SMILES string of the molecule is COc1cc(F)cc2sc(NC(=O)CCc3cnn(C)c3)nc12. The summed E-state index contributed by atoms with van der Waals surface area (Å²) in [6.07, 6.45) is 4.53. The highest BCUT2D eigenvalue weighted by Crippen LogP contribution is 2.33. The number of rotatable bonds is 5. The van der Waals surface area contributed by atoms with Crippen LogP contribution < -0.4 is 10.1 Å². The maximum Gasteiger partial charge on any atom is 0.226 e. The van der Waals surface area contributed by atoms with E-state index >= 15 is 0 Å². The normalized spacial score (nSPS) is 10.9. The number of methoxy groups -OCH3 is 1. The van der Waals surface area contributed by atoms with E-state index in [1.807, 2.05) is 13.2 Å². The maximum atomic E-state index is 13.5. The number of carbonyl (C=O) groups is 1. The van der Waals surface area contributed by atoms with Crippen molar-refractivity contribution >= 4 is 32.6 Å². The number of aryl methyl sites for hydroxylation is 2. The van der Waals surface area contributed by atoms with Gasteiger partial charge in [-0.3, -0.25) is 9.48 Å². The first-order valence-corrected chi connectivity index (χ1v) is 7.78. The first kappa shape index (κ1) is 15.4. The molecule has 0 aliphatic carbocycles. The lowest BCUT2D eigenvalue weighted by atomic mass is 10.2. The number of ether oxygens (including phenoxy) is 1. The molecule has 0 fully saturated rings. The number of benzene rings is 1. The van der Waals surface area contributed by atoms with Crippen LogP contribution in [0.4, 0.5) is 9.52 Å². The summed E-state index contributed by atoms with van der Waals surface area (Å²) < 4.78 is 20.9. The summed E-state index contributed by atoms with van der Waals surface area (Å²) in [7, 11) is 3.29. The Labute approximate surface area is 135 Å². The number of fused-ring (bicyclic) bond motifs is 1. The summed E-state index contributed by atoms with van der Waals surface area (Å²) in [5, 5.41) is 7.23. The Morgan fingerprint density at radius 3 is 3.00 bits per heavy atom. The number of nitrogens with zero attached hydrogens (tertiary/aromatic N) is 3. The standard InChI is InChI=1S/C15H15FN4O2S/c1-20-8-9(7-17-20)3-4-13(21)18-15-19-14-11(22-2)5-10(16)6-12(14)23-15/h5-8H,3-4H2,1-2H3,(H,18,19,21). The summed E-state index contributed by atoms with van der Waals surface area (Å²) in [6.45, 7) is 0. The molecule has 8 heteroatoms. The Bertz CT molecular complexity index is 858. The highest BCUT2D eigenvalue weighted by atomic mass is 32.1. The third-order valence-corrected chi connectivity index (χ3v) is 4.21. The topological polar surface area (TPSA) is 69.0 Å². The lowest BCUT2D eigenvalue weighted by Crippen LogP contribution is -2.11. The van der Waals surface area contributed by atoms with Crippen molar-refractivity contribution in [2.75, 3.05) is 12.4 Å². The monoisotopic (exact) mass is 334 g/mol. The summed E-state index contributed by atoms with van der Waals surface area (Å²) in [4.78, 5) is 16.3. The molecule has 0 atom stereocenters. The maximum absolute atomic E-state index is 13.5. The molecule has 1 amide bonds. The fourth-order valence-corrected chi connectivity index (χ4v) is 3.14. The molecule has 0 saturated carbocycles. The van der Waals surface area contributed by atoms with Gasteiger partial charge in [0.05, 0.1) is 18.0 Å². The van der Waals surface area contributed by atoms with E-state index in [1.165, 1.54) is 30.6 Å². The van der Waals surface area contributed by atoms with Crippen molar-refractivity contribution in [1.82, 2.24) is 14.8 Å². The largest absolute Gasteiger partial charge is 0.494 e. The van der Waals surface area contributed by atoms with Gasteiger partial charge in [-0.2, -0.15) is 5.10 Å². The van der Waals surface area contributed by atoms with Crippen molar-refractivity contribution in [3.63, 3.8) is 0 Å². The van der Waals surface area contributed by atoms with Crippen LogP contribution in [-0.4, -0.2) is 27.8 Å². The Hall–Kier alpha value is -2.48.